The summed E-state index contributed by atoms with van der Waals surface area (Å²) in [5.74, 6) is -22.7. The Labute approximate surface area is 384 Å². The molecule has 0 aliphatic rings. The summed E-state index contributed by atoms with van der Waals surface area (Å²) in [6, 6.07) is 6.24. The van der Waals surface area contributed by atoms with Crippen LogP contribution in [0.4, 0.5) is 74.6 Å². The summed E-state index contributed by atoms with van der Waals surface area (Å²) in [6.45, 7) is -7.89. The summed E-state index contributed by atoms with van der Waals surface area (Å²) in [7, 11) is 0. The summed E-state index contributed by atoms with van der Waals surface area (Å²) in [5, 5.41) is 47.6. The van der Waals surface area contributed by atoms with Crippen molar-refractivity contribution in [2.24, 2.45) is 0 Å². The first-order chi connectivity index (χ1) is 31.8. The van der Waals surface area contributed by atoms with Crippen molar-refractivity contribution in [2.45, 2.75) is 150 Å². The van der Waals surface area contributed by atoms with Gasteiger partial charge in [-0.15, -0.1) is 0 Å². The van der Waals surface area contributed by atoms with Crippen LogP contribution in [0.25, 0.3) is 0 Å². The summed E-state index contributed by atoms with van der Waals surface area (Å²) in [6.07, 6.45) is -39.1. The third-order valence-electron chi connectivity index (χ3n) is 9.31. The van der Waals surface area contributed by atoms with Gasteiger partial charge in [0.15, 0.2) is 0 Å². The topological polar surface area (TPSA) is 166 Å². The van der Waals surface area contributed by atoms with E-state index in [1.165, 1.54) is 12.1 Å². The van der Waals surface area contributed by atoms with Gasteiger partial charge in [0.1, 0.15) is 37.8 Å². The largest absolute Gasteiger partial charge is 0.491 e. The van der Waals surface area contributed by atoms with Crippen LogP contribution < -0.4 is 4.74 Å². The number of aliphatic hydroxyl groups excluding tert-OH is 5. The molecule has 4 unspecified atom stereocenters. The molecule has 0 saturated carbocycles. The van der Waals surface area contributed by atoms with Crippen LogP contribution >= 0.6 is 0 Å². The van der Waals surface area contributed by atoms with Crippen LogP contribution in [0.5, 0.6) is 5.75 Å². The molecule has 0 amide bonds. The molecule has 5 N–H and O–H groups in total. The first kappa shape index (κ1) is 64.4. The number of hydrogen-bond acceptors (Lipinski definition) is 12. The lowest BCUT2D eigenvalue weighted by Gasteiger charge is -2.37. The maximum atomic E-state index is 14.2. The number of hydrogen-bond donors (Lipinski definition) is 5. The van der Waals surface area contributed by atoms with E-state index in [4.69, 9.17) is 24.1 Å². The number of unbranched alkanes of at least 4 members (excludes halogenated alkanes) is 4. The number of ether oxygens (including phenoxy) is 7. The number of benzene rings is 1. The summed E-state index contributed by atoms with van der Waals surface area (Å²) in [4.78, 5) is 0. The molecule has 0 bridgehead atoms. The fraction of sp³-hybridized carbons (Fsp3) is 0.850. The third kappa shape index (κ3) is 23.2. The molecular formula is C40H57F17O12. The Morgan fingerprint density at radius 1 is 0.464 bits per heavy atom. The minimum atomic E-state index is -7.77. The van der Waals surface area contributed by atoms with E-state index in [9.17, 15) is 95.1 Å². The minimum Gasteiger partial charge on any atom is -0.491 e. The van der Waals surface area contributed by atoms with Crippen molar-refractivity contribution in [3.8, 4) is 5.75 Å². The molecule has 0 aliphatic heterocycles. The molecule has 0 aliphatic carbocycles. The van der Waals surface area contributed by atoms with Gasteiger partial charge in [-0.3, -0.25) is 4.39 Å². The Morgan fingerprint density at radius 3 is 1.49 bits per heavy atom. The van der Waals surface area contributed by atoms with Gasteiger partial charge in [0.2, 0.25) is 0 Å². The van der Waals surface area contributed by atoms with E-state index in [2.05, 4.69) is 9.47 Å². The Kier molecular flexibility index (Phi) is 27.2. The molecule has 29 heteroatoms. The number of halogens is 17. The predicted octanol–water partition coefficient (Wildman–Crippen LogP) is 8.27. The Morgan fingerprint density at radius 2 is 0.957 bits per heavy atom. The molecule has 1 rings (SSSR count). The fourth-order valence-corrected chi connectivity index (χ4v) is 5.38. The lowest BCUT2D eigenvalue weighted by molar-refractivity contribution is -0.534. The van der Waals surface area contributed by atoms with Crippen molar-refractivity contribution in [2.75, 3.05) is 66.1 Å². The lowest BCUT2D eigenvalue weighted by atomic mass is 10.1. The first-order valence-corrected chi connectivity index (χ1v) is 21.1. The Hall–Kier alpha value is -2.61. The van der Waals surface area contributed by atoms with Crippen LogP contribution in [-0.4, -0.2) is 164 Å². The zero-order chi connectivity index (χ0) is 52.8. The van der Waals surface area contributed by atoms with Crippen LogP contribution in [0, 0.1) is 0 Å². The minimum absolute atomic E-state index is 0.0275. The van der Waals surface area contributed by atoms with Gasteiger partial charge in [-0.25, -0.2) is 18.3 Å². The molecule has 12 nitrogen and oxygen atoms in total. The standard InChI is InChI=1S/C40H57F17O12/c41-16-6-5-14-33(42,43)25-65-20-28(59)8-2-3-9-29(60)21-66-26-35(46,47)38(52,53)69-40(56,57)36(48,49)39(54,55)68-37(50,51)34(44,45)15-4-1-7-17-63-23-31(62)24-67-32-12-10-27(11-13-32)19-64-22-30(61)18-58/h10-13,28-31,58-62H,1-9,14-26H2. The van der Waals surface area contributed by atoms with E-state index in [0.29, 0.717) is 11.3 Å². The highest BCUT2D eigenvalue weighted by Crippen LogP contribution is 2.54. The maximum Gasteiger partial charge on any atom is 0.433 e. The SMILES string of the molecule is OCC(O)COCc1ccc(OCC(O)COCCCCCC(F)(F)C(F)(F)OC(F)(F)C(F)(F)C(F)(F)OC(F)(F)C(F)(F)COCC(O)CCCCC(O)COCC(F)(F)CCCCF)cc1. The van der Waals surface area contributed by atoms with Crippen LogP contribution in [0.3, 0.4) is 0 Å². The molecule has 0 fully saturated rings. The van der Waals surface area contributed by atoms with E-state index in [1.807, 2.05) is 4.74 Å². The Balaban J connectivity index is 2.53. The van der Waals surface area contributed by atoms with Crippen molar-refractivity contribution in [1.82, 2.24) is 0 Å². The molecule has 0 spiro atoms. The van der Waals surface area contributed by atoms with Crippen molar-refractivity contribution in [1.29, 1.82) is 0 Å². The predicted molar refractivity (Wildman–Crippen MR) is 204 cm³/mol. The van der Waals surface area contributed by atoms with Gasteiger partial charge in [0, 0.05) is 19.4 Å². The van der Waals surface area contributed by atoms with Crippen LogP contribution in [0.15, 0.2) is 24.3 Å². The van der Waals surface area contributed by atoms with E-state index in [-0.39, 0.29) is 78.0 Å². The summed E-state index contributed by atoms with van der Waals surface area (Å²) < 4.78 is 265. The highest BCUT2D eigenvalue weighted by atomic mass is 19.4. The zero-order valence-corrected chi connectivity index (χ0v) is 36.7. The second-order valence-electron chi connectivity index (χ2n) is 15.7. The second kappa shape index (κ2) is 29.2. The van der Waals surface area contributed by atoms with E-state index >= 15 is 0 Å². The van der Waals surface area contributed by atoms with Crippen LogP contribution in [-0.2, 0) is 35.0 Å². The van der Waals surface area contributed by atoms with Gasteiger partial charge in [0.25, 0.3) is 5.92 Å². The fourth-order valence-electron chi connectivity index (χ4n) is 5.38. The molecule has 1 aromatic carbocycles. The van der Waals surface area contributed by atoms with Crippen molar-refractivity contribution in [3.63, 3.8) is 0 Å². The molecule has 0 aromatic heterocycles. The Bertz CT molecular complexity index is 1530. The summed E-state index contributed by atoms with van der Waals surface area (Å²) >= 11 is 0. The normalized spacial score (nSPS) is 15.6. The monoisotopic (exact) mass is 1050 g/mol. The molecule has 4 atom stereocenters. The van der Waals surface area contributed by atoms with Gasteiger partial charge in [-0.05, 0) is 56.2 Å². The van der Waals surface area contributed by atoms with Crippen molar-refractivity contribution < 1.29 is 133 Å². The van der Waals surface area contributed by atoms with Gasteiger partial charge in [-0.1, -0.05) is 31.4 Å². The van der Waals surface area contributed by atoms with Gasteiger partial charge >= 0.3 is 42.2 Å². The van der Waals surface area contributed by atoms with Gasteiger partial charge in [0.05, 0.1) is 58.5 Å². The maximum absolute atomic E-state index is 14.2. The molecule has 0 heterocycles. The average molecular weight is 1050 g/mol. The molecule has 408 valence electrons. The molecule has 0 radical (unpaired) electrons. The van der Waals surface area contributed by atoms with Crippen molar-refractivity contribution in [3.05, 3.63) is 29.8 Å². The van der Waals surface area contributed by atoms with E-state index in [1.54, 1.807) is 12.1 Å². The molecule has 69 heavy (non-hydrogen) atoms. The van der Waals surface area contributed by atoms with Gasteiger partial charge in [-0.2, -0.15) is 61.5 Å². The van der Waals surface area contributed by atoms with E-state index < -0.39 is 138 Å². The number of alkyl halides is 17. The van der Waals surface area contributed by atoms with E-state index in [0.717, 1.165) is 0 Å². The molecule has 1 aromatic rings. The number of rotatable bonds is 41. The molecule has 0 saturated heterocycles. The number of aliphatic hydroxyl groups is 5. The van der Waals surface area contributed by atoms with Crippen LogP contribution in [0.1, 0.15) is 76.2 Å². The summed E-state index contributed by atoms with van der Waals surface area (Å²) in [5.41, 5.74) is 0.679. The molecular weight excluding hydrogens is 995 g/mol. The zero-order valence-electron chi connectivity index (χ0n) is 36.7. The lowest BCUT2D eigenvalue weighted by Crippen LogP contribution is -2.63. The first-order valence-electron chi connectivity index (χ1n) is 21.1. The highest BCUT2D eigenvalue weighted by molar-refractivity contribution is 5.26. The quantitative estimate of drug-likeness (QED) is 0.0316. The third-order valence-corrected chi connectivity index (χ3v) is 9.31. The van der Waals surface area contributed by atoms with Gasteiger partial charge < -0.3 is 49.2 Å². The van der Waals surface area contributed by atoms with Crippen LogP contribution in [0.2, 0.25) is 0 Å². The second-order valence-corrected chi connectivity index (χ2v) is 15.7. The van der Waals surface area contributed by atoms with Crippen molar-refractivity contribution >= 4 is 0 Å². The smallest absolute Gasteiger partial charge is 0.433 e. The average Bonchev–Trinajstić information content (AvgIpc) is 3.23. The highest BCUT2D eigenvalue weighted by Gasteiger charge is 2.81.